The summed E-state index contributed by atoms with van der Waals surface area (Å²) in [6, 6.07) is 11.4. The van der Waals surface area contributed by atoms with E-state index < -0.39 is 26.1 Å². The van der Waals surface area contributed by atoms with E-state index >= 15 is 0 Å². The third-order valence-electron chi connectivity index (χ3n) is 5.77. The molecule has 1 N–H and O–H groups in total. The summed E-state index contributed by atoms with van der Waals surface area (Å²) >= 11 is 6.30. The molecule has 0 radical (unpaired) electrons. The molecule has 1 unspecified atom stereocenters. The van der Waals surface area contributed by atoms with Crippen molar-refractivity contribution in [3.63, 3.8) is 0 Å². The highest BCUT2D eigenvalue weighted by atomic mass is 35.5. The molecule has 0 aliphatic heterocycles. The Morgan fingerprint density at radius 3 is 2.03 bits per heavy atom. The molecule has 1 atom stereocenters. The van der Waals surface area contributed by atoms with Gasteiger partial charge in [0.2, 0.25) is 8.32 Å². The molecule has 0 aliphatic carbocycles. The van der Waals surface area contributed by atoms with E-state index in [9.17, 15) is 9.59 Å². The van der Waals surface area contributed by atoms with E-state index in [-0.39, 0.29) is 10.8 Å². The molecule has 0 fully saturated rings. The number of aryl methyl sites for hydroxylation is 1. The molecule has 0 aliphatic rings. The number of carbonyl (C=O) groups excluding carboxylic acids is 2. The number of halogens is 1. The molecule has 1 amide bonds. The van der Waals surface area contributed by atoms with Gasteiger partial charge in [-0.25, -0.2) is 4.79 Å². The summed E-state index contributed by atoms with van der Waals surface area (Å²) in [6.45, 7) is 18.1. The van der Waals surface area contributed by atoms with E-state index in [1.165, 1.54) is 0 Å². The van der Waals surface area contributed by atoms with Gasteiger partial charge < -0.3 is 14.5 Å². The number of hydrogen-bond donors (Lipinski definition) is 1. The summed E-state index contributed by atoms with van der Waals surface area (Å²) in [6.07, 6.45) is -0.671. The van der Waals surface area contributed by atoms with Crippen LogP contribution in [0.5, 0.6) is 5.75 Å². The maximum absolute atomic E-state index is 13.5. The monoisotopic (exact) mass is 489 g/mol. The fraction of sp³-hybridized carbons (Fsp3) is 0.462. The van der Waals surface area contributed by atoms with Gasteiger partial charge in [-0.1, -0.05) is 44.5 Å². The van der Waals surface area contributed by atoms with Crippen molar-refractivity contribution in [3.8, 4) is 5.75 Å². The van der Waals surface area contributed by atoms with E-state index in [0.717, 1.165) is 11.3 Å². The number of benzene rings is 2. The van der Waals surface area contributed by atoms with Crippen LogP contribution in [0.25, 0.3) is 0 Å². The normalized spacial score (nSPS) is 13.3. The van der Waals surface area contributed by atoms with Crippen LogP contribution in [0.2, 0.25) is 23.2 Å². The van der Waals surface area contributed by atoms with Gasteiger partial charge in [-0.2, -0.15) is 0 Å². The zero-order valence-electron chi connectivity index (χ0n) is 21.1. The van der Waals surface area contributed by atoms with Gasteiger partial charge >= 0.3 is 6.09 Å². The van der Waals surface area contributed by atoms with Gasteiger partial charge in [0, 0.05) is 10.6 Å². The van der Waals surface area contributed by atoms with Crippen LogP contribution >= 0.6 is 11.6 Å². The van der Waals surface area contributed by atoms with Crippen LogP contribution in [0.15, 0.2) is 42.5 Å². The van der Waals surface area contributed by atoms with Gasteiger partial charge in [0.25, 0.3) is 0 Å². The van der Waals surface area contributed by atoms with E-state index in [1.807, 2.05) is 13.0 Å². The molecule has 0 saturated carbocycles. The summed E-state index contributed by atoms with van der Waals surface area (Å²) in [4.78, 5) is 26.0. The third kappa shape index (κ3) is 7.34. The van der Waals surface area contributed by atoms with Crippen molar-refractivity contribution in [1.82, 2.24) is 5.32 Å². The van der Waals surface area contributed by atoms with Crippen LogP contribution < -0.4 is 9.74 Å². The summed E-state index contributed by atoms with van der Waals surface area (Å²) in [5.74, 6) is 0.466. The molecule has 0 saturated heterocycles. The number of nitrogens with one attached hydrogen (secondary N) is 1. The average Bonchev–Trinajstić information content (AvgIpc) is 2.66. The highest BCUT2D eigenvalue weighted by Gasteiger charge is 2.39. The smallest absolute Gasteiger partial charge is 0.408 e. The SMILES string of the molecule is Cc1ccc(C(NC(=O)OC(C)(C)C)C(=O)c2ccc(O[Si](C)(C)C(C)(C)C)cc2)cc1Cl. The molecule has 2 aromatic rings. The van der Waals surface area contributed by atoms with Crippen LogP contribution in [0.4, 0.5) is 4.79 Å². The van der Waals surface area contributed by atoms with Gasteiger partial charge in [-0.3, -0.25) is 4.79 Å². The van der Waals surface area contributed by atoms with Crippen LogP contribution in [0.3, 0.4) is 0 Å². The fourth-order valence-electron chi connectivity index (χ4n) is 2.82. The number of amides is 1. The second kappa shape index (κ2) is 9.90. The Labute approximate surface area is 204 Å². The fourth-order valence-corrected chi connectivity index (χ4v) is 4.04. The van der Waals surface area contributed by atoms with E-state index in [0.29, 0.717) is 16.1 Å². The van der Waals surface area contributed by atoms with E-state index in [4.69, 9.17) is 20.8 Å². The minimum atomic E-state index is -1.99. The summed E-state index contributed by atoms with van der Waals surface area (Å²) in [5, 5.41) is 3.30. The van der Waals surface area contributed by atoms with Crippen molar-refractivity contribution >= 4 is 31.8 Å². The minimum Gasteiger partial charge on any atom is -0.544 e. The van der Waals surface area contributed by atoms with Crippen molar-refractivity contribution in [3.05, 3.63) is 64.2 Å². The summed E-state index contributed by atoms with van der Waals surface area (Å²) < 4.78 is 11.7. The van der Waals surface area contributed by atoms with Crippen LogP contribution in [-0.2, 0) is 4.74 Å². The number of alkyl carbamates (subject to hydrolysis) is 1. The second-order valence-corrected chi connectivity index (χ2v) is 16.0. The molecule has 0 bridgehead atoms. The van der Waals surface area contributed by atoms with E-state index in [1.54, 1.807) is 57.2 Å². The Morgan fingerprint density at radius 1 is 0.970 bits per heavy atom. The lowest BCUT2D eigenvalue weighted by atomic mass is 9.96. The van der Waals surface area contributed by atoms with Crippen molar-refractivity contribution in [2.75, 3.05) is 0 Å². The molecular formula is C26H36ClNO4Si. The third-order valence-corrected chi connectivity index (χ3v) is 10.5. The molecule has 5 nitrogen and oxygen atoms in total. The first-order chi connectivity index (χ1) is 15.0. The molecule has 33 heavy (non-hydrogen) atoms. The zero-order valence-corrected chi connectivity index (χ0v) is 22.9. The number of ketones is 1. The lowest BCUT2D eigenvalue weighted by Crippen LogP contribution is -2.43. The molecule has 2 rings (SSSR count). The molecule has 180 valence electrons. The van der Waals surface area contributed by atoms with Crippen LogP contribution in [-0.4, -0.2) is 25.8 Å². The molecule has 0 heterocycles. The highest BCUT2D eigenvalue weighted by molar-refractivity contribution is 6.74. The van der Waals surface area contributed by atoms with Crippen molar-refractivity contribution < 1.29 is 18.8 Å². The largest absolute Gasteiger partial charge is 0.544 e. The Bertz CT molecular complexity index is 1000. The average molecular weight is 490 g/mol. The van der Waals surface area contributed by atoms with Crippen molar-refractivity contribution in [2.45, 2.75) is 78.2 Å². The Hall–Kier alpha value is -2.31. The standard InChI is InChI=1S/C26H36ClNO4Si/c1-17-10-11-19(16-21(17)27)22(28-24(30)31-25(2,3)4)23(29)18-12-14-20(15-13-18)32-33(8,9)26(5,6)7/h10-16,22H,1-9H3,(H,28,30). The number of hydrogen-bond acceptors (Lipinski definition) is 4. The number of carbonyl (C=O) groups is 2. The Kier molecular flexibility index (Phi) is 8.08. The van der Waals surface area contributed by atoms with E-state index in [2.05, 4.69) is 39.2 Å². The maximum atomic E-state index is 13.5. The Morgan fingerprint density at radius 2 is 1.55 bits per heavy atom. The quantitative estimate of drug-likeness (QED) is 0.337. The predicted molar refractivity (Wildman–Crippen MR) is 137 cm³/mol. The predicted octanol–water partition coefficient (Wildman–Crippen LogP) is 7.48. The lowest BCUT2D eigenvalue weighted by molar-refractivity contribution is 0.0490. The number of Topliss-reactive ketones (excluding diaryl/α,β-unsaturated/α-hetero) is 1. The number of rotatable bonds is 6. The summed E-state index contributed by atoms with van der Waals surface area (Å²) in [7, 11) is -1.99. The second-order valence-electron chi connectivity index (χ2n) is 10.8. The molecule has 7 heteroatoms. The lowest BCUT2D eigenvalue weighted by Gasteiger charge is -2.36. The molecule has 0 spiro atoms. The van der Waals surface area contributed by atoms with Crippen LogP contribution in [0, 0.1) is 6.92 Å². The zero-order chi connectivity index (χ0) is 25.2. The van der Waals surface area contributed by atoms with Gasteiger partial charge in [-0.05, 0) is 87.3 Å². The van der Waals surface area contributed by atoms with Crippen molar-refractivity contribution in [1.29, 1.82) is 0 Å². The van der Waals surface area contributed by atoms with Gasteiger partial charge in [0.05, 0.1) is 0 Å². The number of ether oxygens (including phenoxy) is 1. The minimum absolute atomic E-state index is 0.0641. The summed E-state index contributed by atoms with van der Waals surface area (Å²) in [5.41, 5.74) is 1.24. The first kappa shape index (κ1) is 26.9. The maximum Gasteiger partial charge on any atom is 0.408 e. The molecule has 0 aromatic heterocycles. The van der Waals surface area contributed by atoms with Gasteiger partial charge in [0.1, 0.15) is 17.4 Å². The molecular weight excluding hydrogens is 454 g/mol. The highest BCUT2D eigenvalue weighted by Crippen LogP contribution is 2.37. The topological polar surface area (TPSA) is 64.6 Å². The van der Waals surface area contributed by atoms with Gasteiger partial charge in [-0.15, -0.1) is 0 Å². The van der Waals surface area contributed by atoms with Crippen LogP contribution in [0.1, 0.15) is 69.1 Å². The molecule has 2 aromatic carbocycles. The van der Waals surface area contributed by atoms with Gasteiger partial charge in [0.15, 0.2) is 5.78 Å². The van der Waals surface area contributed by atoms with Crippen molar-refractivity contribution in [2.24, 2.45) is 0 Å². The Balaban J connectivity index is 2.33. The first-order valence-corrected chi connectivity index (χ1v) is 14.4. The first-order valence-electron chi connectivity index (χ1n) is 11.1.